The van der Waals surface area contributed by atoms with E-state index in [-0.39, 0.29) is 6.04 Å². The Morgan fingerprint density at radius 1 is 1.30 bits per heavy atom. The maximum atomic E-state index is 5.79. The Kier molecular flexibility index (Phi) is 5.38. The van der Waals surface area contributed by atoms with Gasteiger partial charge in [-0.3, -0.25) is 5.84 Å². The molecule has 3 N–H and O–H groups in total. The Hall–Kier alpha value is -0.680. The maximum absolute atomic E-state index is 5.79. The molecule has 108 valence electrons. The SMILES string of the molecule is Cc1cc(C(NN)c2cccc(CC(C)C)c2)sc1Br. The quantitative estimate of drug-likeness (QED) is 0.610. The number of rotatable bonds is 5. The molecule has 1 unspecified atom stereocenters. The zero-order valence-electron chi connectivity index (χ0n) is 12.1. The molecule has 0 aliphatic heterocycles. The van der Waals surface area contributed by atoms with Gasteiger partial charge in [-0.2, -0.15) is 0 Å². The van der Waals surface area contributed by atoms with Crippen LogP contribution in [-0.4, -0.2) is 0 Å². The van der Waals surface area contributed by atoms with Crippen molar-refractivity contribution in [2.45, 2.75) is 33.2 Å². The lowest BCUT2D eigenvalue weighted by Crippen LogP contribution is -2.28. The Labute approximate surface area is 133 Å². The lowest BCUT2D eigenvalue weighted by molar-refractivity contribution is 0.633. The molecule has 0 fully saturated rings. The van der Waals surface area contributed by atoms with Crippen molar-refractivity contribution < 1.29 is 0 Å². The Balaban J connectivity index is 2.31. The van der Waals surface area contributed by atoms with Crippen molar-refractivity contribution in [1.29, 1.82) is 0 Å². The Morgan fingerprint density at radius 3 is 2.60 bits per heavy atom. The normalized spacial score (nSPS) is 12.9. The zero-order chi connectivity index (χ0) is 14.7. The predicted octanol–water partition coefficient (Wildman–Crippen LogP) is 4.57. The minimum atomic E-state index is 0.0529. The van der Waals surface area contributed by atoms with Crippen molar-refractivity contribution in [3.63, 3.8) is 0 Å². The Bertz CT molecular complexity index is 558. The summed E-state index contributed by atoms with van der Waals surface area (Å²) in [6, 6.07) is 10.9. The Morgan fingerprint density at radius 2 is 2.05 bits per heavy atom. The highest BCUT2D eigenvalue weighted by atomic mass is 79.9. The van der Waals surface area contributed by atoms with E-state index in [1.807, 2.05) is 0 Å². The third-order valence-electron chi connectivity index (χ3n) is 3.26. The second-order valence-electron chi connectivity index (χ2n) is 5.55. The van der Waals surface area contributed by atoms with Gasteiger partial charge in [-0.1, -0.05) is 38.1 Å². The van der Waals surface area contributed by atoms with Crippen LogP contribution in [-0.2, 0) is 6.42 Å². The minimum Gasteiger partial charge on any atom is -0.271 e. The van der Waals surface area contributed by atoms with E-state index in [2.05, 4.69) is 72.5 Å². The fraction of sp³-hybridized carbons (Fsp3) is 0.375. The number of hydrazine groups is 1. The number of aryl methyl sites for hydroxylation is 1. The highest BCUT2D eigenvalue weighted by molar-refractivity contribution is 9.11. The van der Waals surface area contributed by atoms with Crippen molar-refractivity contribution in [3.8, 4) is 0 Å². The van der Waals surface area contributed by atoms with Crippen LogP contribution < -0.4 is 11.3 Å². The van der Waals surface area contributed by atoms with Gasteiger partial charge >= 0.3 is 0 Å². The summed E-state index contributed by atoms with van der Waals surface area (Å²) in [5.41, 5.74) is 6.79. The number of nitrogens with two attached hydrogens (primary N) is 1. The summed E-state index contributed by atoms with van der Waals surface area (Å²) >= 11 is 5.32. The summed E-state index contributed by atoms with van der Waals surface area (Å²) in [7, 11) is 0. The van der Waals surface area contributed by atoms with E-state index < -0.39 is 0 Å². The zero-order valence-corrected chi connectivity index (χ0v) is 14.5. The number of thiophene rings is 1. The number of benzene rings is 1. The first-order chi connectivity index (χ1) is 9.51. The van der Waals surface area contributed by atoms with Crippen LogP contribution in [0.15, 0.2) is 34.1 Å². The fourth-order valence-corrected chi connectivity index (χ4v) is 4.00. The summed E-state index contributed by atoms with van der Waals surface area (Å²) in [6.45, 7) is 6.59. The molecule has 2 rings (SSSR count). The standard InChI is InChI=1S/C16H21BrN2S/c1-10(2)7-12-5-4-6-13(9-12)15(19-18)14-8-11(3)16(17)20-14/h4-6,8-10,15,19H,7,18H2,1-3H3. The molecule has 0 radical (unpaired) electrons. The van der Waals surface area contributed by atoms with Crippen LogP contribution in [0.3, 0.4) is 0 Å². The van der Waals surface area contributed by atoms with Crippen LogP contribution in [0.25, 0.3) is 0 Å². The van der Waals surface area contributed by atoms with Gasteiger partial charge < -0.3 is 0 Å². The fourth-order valence-electron chi connectivity index (χ4n) is 2.34. The van der Waals surface area contributed by atoms with Gasteiger partial charge in [0.1, 0.15) is 0 Å². The summed E-state index contributed by atoms with van der Waals surface area (Å²) in [6.07, 6.45) is 1.10. The predicted molar refractivity (Wildman–Crippen MR) is 90.9 cm³/mol. The summed E-state index contributed by atoms with van der Waals surface area (Å²) < 4.78 is 1.17. The smallest absolute Gasteiger partial charge is 0.0803 e. The third-order valence-corrected chi connectivity index (χ3v) is 5.46. The van der Waals surface area contributed by atoms with Gasteiger partial charge in [0.25, 0.3) is 0 Å². The van der Waals surface area contributed by atoms with Gasteiger partial charge in [-0.25, -0.2) is 5.43 Å². The molecule has 1 aromatic carbocycles. The lowest BCUT2D eigenvalue weighted by Gasteiger charge is -2.16. The second-order valence-corrected chi connectivity index (χ2v) is 7.95. The van der Waals surface area contributed by atoms with Gasteiger partial charge in [-0.05, 0) is 57.9 Å². The van der Waals surface area contributed by atoms with E-state index in [0.29, 0.717) is 5.92 Å². The first-order valence-electron chi connectivity index (χ1n) is 6.82. The number of hydrogen-bond acceptors (Lipinski definition) is 3. The first-order valence-corrected chi connectivity index (χ1v) is 8.43. The average molecular weight is 353 g/mol. The molecule has 0 aliphatic carbocycles. The van der Waals surface area contributed by atoms with Crippen molar-refractivity contribution in [2.24, 2.45) is 11.8 Å². The lowest BCUT2D eigenvalue weighted by atomic mass is 9.98. The topological polar surface area (TPSA) is 38.0 Å². The molecule has 2 nitrogen and oxygen atoms in total. The minimum absolute atomic E-state index is 0.0529. The number of halogens is 1. The molecule has 0 aliphatic rings. The van der Waals surface area contributed by atoms with Crippen LogP contribution in [0.1, 0.15) is 41.5 Å². The van der Waals surface area contributed by atoms with E-state index in [1.54, 1.807) is 11.3 Å². The highest BCUT2D eigenvalue weighted by Crippen LogP contribution is 2.34. The largest absolute Gasteiger partial charge is 0.271 e. The molecule has 0 saturated heterocycles. The van der Waals surface area contributed by atoms with E-state index >= 15 is 0 Å². The van der Waals surface area contributed by atoms with Crippen molar-refractivity contribution in [3.05, 3.63) is 55.7 Å². The molecule has 1 aromatic heterocycles. The molecular formula is C16H21BrN2S. The maximum Gasteiger partial charge on any atom is 0.0803 e. The molecule has 1 atom stereocenters. The summed E-state index contributed by atoms with van der Waals surface area (Å²) in [5, 5.41) is 0. The molecule has 0 bridgehead atoms. The molecule has 0 saturated carbocycles. The van der Waals surface area contributed by atoms with Crippen molar-refractivity contribution in [2.75, 3.05) is 0 Å². The summed E-state index contributed by atoms with van der Waals surface area (Å²) in [5.74, 6) is 6.45. The molecule has 0 spiro atoms. The molecule has 0 amide bonds. The number of hydrogen-bond donors (Lipinski definition) is 2. The molecule has 4 heteroatoms. The van der Waals surface area contributed by atoms with Crippen LogP contribution in [0.4, 0.5) is 0 Å². The van der Waals surface area contributed by atoms with Gasteiger partial charge in [0.2, 0.25) is 0 Å². The van der Waals surface area contributed by atoms with E-state index in [4.69, 9.17) is 5.84 Å². The third kappa shape index (κ3) is 3.70. The first kappa shape index (κ1) is 15.7. The molecule has 2 aromatic rings. The second kappa shape index (κ2) is 6.85. The average Bonchev–Trinajstić information content (AvgIpc) is 2.70. The van der Waals surface area contributed by atoms with Gasteiger partial charge in [0.15, 0.2) is 0 Å². The van der Waals surface area contributed by atoms with E-state index in [0.717, 1.165) is 6.42 Å². The number of nitrogens with one attached hydrogen (secondary N) is 1. The van der Waals surface area contributed by atoms with Gasteiger partial charge in [0.05, 0.1) is 9.83 Å². The van der Waals surface area contributed by atoms with Crippen LogP contribution in [0, 0.1) is 12.8 Å². The van der Waals surface area contributed by atoms with Crippen molar-refractivity contribution >= 4 is 27.3 Å². The monoisotopic (exact) mass is 352 g/mol. The van der Waals surface area contributed by atoms with E-state index in [9.17, 15) is 0 Å². The summed E-state index contributed by atoms with van der Waals surface area (Å²) in [4.78, 5) is 1.23. The molecule has 20 heavy (non-hydrogen) atoms. The molecule has 1 heterocycles. The van der Waals surface area contributed by atoms with Gasteiger partial charge in [-0.15, -0.1) is 11.3 Å². The molecular weight excluding hydrogens is 332 g/mol. The van der Waals surface area contributed by atoms with Crippen LogP contribution >= 0.6 is 27.3 Å². The van der Waals surface area contributed by atoms with Crippen LogP contribution in [0.5, 0.6) is 0 Å². The van der Waals surface area contributed by atoms with Crippen molar-refractivity contribution in [1.82, 2.24) is 5.43 Å². The highest BCUT2D eigenvalue weighted by Gasteiger charge is 2.16. The van der Waals surface area contributed by atoms with Crippen LogP contribution in [0.2, 0.25) is 0 Å². The van der Waals surface area contributed by atoms with Gasteiger partial charge in [0, 0.05) is 4.88 Å². The van der Waals surface area contributed by atoms with E-state index in [1.165, 1.54) is 25.4 Å².